The van der Waals surface area contributed by atoms with Gasteiger partial charge in [0.1, 0.15) is 0 Å². The van der Waals surface area contributed by atoms with E-state index < -0.39 is 29.1 Å². The Balaban J connectivity index is 2.07. The molecule has 22 heavy (non-hydrogen) atoms. The van der Waals surface area contributed by atoms with E-state index in [9.17, 15) is 24.9 Å². The predicted molar refractivity (Wildman–Crippen MR) is 66.2 cm³/mol. The van der Waals surface area contributed by atoms with Crippen LogP contribution in [-0.2, 0) is 11.3 Å². The fraction of sp³-hybridized carbons (Fsp3) is 0.0909. The molecule has 1 aromatic carbocycles. The highest BCUT2D eigenvalue weighted by molar-refractivity contribution is 5.91. The van der Waals surface area contributed by atoms with Crippen molar-refractivity contribution in [2.45, 2.75) is 6.61 Å². The Kier molecular flexibility index (Phi) is 3.97. The van der Waals surface area contributed by atoms with Crippen molar-refractivity contribution in [3.8, 4) is 0 Å². The van der Waals surface area contributed by atoms with Crippen LogP contribution in [0.5, 0.6) is 0 Å². The summed E-state index contributed by atoms with van der Waals surface area (Å²) >= 11 is 0. The number of carbonyl (C=O) groups excluding carboxylic acids is 2. The van der Waals surface area contributed by atoms with Gasteiger partial charge in [-0.15, -0.1) is 0 Å². The number of primary amides is 1. The first-order chi connectivity index (χ1) is 10.4. The summed E-state index contributed by atoms with van der Waals surface area (Å²) in [4.78, 5) is 32.4. The maximum atomic E-state index is 11.7. The number of amides is 1. The van der Waals surface area contributed by atoms with Gasteiger partial charge in [0.2, 0.25) is 0 Å². The van der Waals surface area contributed by atoms with E-state index in [1.165, 1.54) is 12.1 Å². The number of nitrogens with two attached hydrogens (primary N) is 1. The molecule has 11 nitrogen and oxygen atoms in total. The summed E-state index contributed by atoms with van der Waals surface area (Å²) in [5, 5.41) is 24.8. The molecule has 0 bridgehead atoms. The first kappa shape index (κ1) is 14.9. The van der Waals surface area contributed by atoms with E-state index in [1.807, 2.05) is 0 Å². The second-order valence-corrected chi connectivity index (χ2v) is 3.97. The molecular weight excluding hydrogens is 300 g/mol. The lowest BCUT2D eigenvalue weighted by atomic mass is 10.2. The van der Waals surface area contributed by atoms with Crippen LogP contribution < -0.4 is 10.6 Å². The summed E-state index contributed by atoms with van der Waals surface area (Å²) in [5.74, 6) is -1.91. The fourth-order valence-corrected chi connectivity index (χ4v) is 1.54. The minimum absolute atomic E-state index is 0.0460. The third kappa shape index (κ3) is 2.98. The van der Waals surface area contributed by atoms with Gasteiger partial charge >= 0.3 is 5.97 Å². The Morgan fingerprint density at radius 1 is 1.36 bits per heavy atom. The molecule has 1 aromatic heterocycles. The molecule has 0 aliphatic heterocycles. The maximum absolute atomic E-state index is 11.7. The summed E-state index contributed by atoms with van der Waals surface area (Å²) in [6, 6.07) is 4.67. The molecule has 0 spiro atoms. The summed E-state index contributed by atoms with van der Waals surface area (Å²) in [6.45, 7) is -0.521. The zero-order valence-corrected chi connectivity index (χ0v) is 10.8. The SMILES string of the molecule is NC(=O)c1c(COC(=O)c2ccc([N+](=O)[O-])cc2)no[n+]1[O-]. The molecule has 114 valence electrons. The first-order valence-corrected chi connectivity index (χ1v) is 5.70. The number of nitrogens with zero attached hydrogens (tertiary/aromatic N) is 3. The molecule has 2 N–H and O–H groups in total. The number of benzene rings is 1. The van der Waals surface area contributed by atoms with Crippen molar-refractivity contribution in [2.24, 2.45) is 5.73 Å². The van der Waals surface area contributed by atoms with Crippen molar-refractivity contribution in [1.29, 1.82) is 0 Å². The van der Waals surface area contributed by atoms with Gasteiger partial charge in [0, 0.05) is 17.3 Å². The van der Waals surface area contributed by atoms with Crippen molar-refractivity contribution >= 4 is 17.6 Å². The topological polar surface area (TPSA) is 166 Å². The molecule has 0 aliphatic carbocycles. The van der Waals surface area contributed by atoms with Crippen LogP contribution in [0, 0.1) is 15.3 Å². The van der Waals surface area contributed by atoms with E-state index in [4.69, 9.17) is 10.5 Å². The number of nitro groups is 1. The van der Waals surface area contributed by atoms with Crippen molar-refractivity contribution in [3.05, 3.63) is 56.5 Å². The van der Waals surface area contributed by atoms with E-state index in [1.54, 1.807) is 0 Å². The van der Waals surface area contributed by atoms with E-state index in [2.05, 4.69) is 9.79 Å². The number of hydrogen-bond acceptors (Lipinski definition) is 8. The van der Waals surface area contributed by atoms with Crippen LogP contribution in [-0.4, -0.2) is 22.0 Å². The van der Waals surface area contributed by atoms with Gasteiger partial charge in [0.05, 0.1) is 10.5 Å². The third-order valence-electron chi connectivity index (χ3n) is 2.57. The highest BCUT2D eigenvalue weighted by Gasteiger charge is 2.25. The van der Waals surface area contributed by atoms with Crippen LogP contribution in [0.15, 0.2) is 28.9 Å². The number of rotatable bonds is 5. The minimum Gasteiger partial charge on any atom is -0.453 e. The number of esters is 1. The number of non-ortho nitro benzene ring substituents is 1. The first-order valence-electron chi connectivity index (χ1n) is 5.70. The van der Waals surface area contributed by atoms with E-state index in [-0.39, 0.29) is 21.8 Å². The monoisotopic (exact) mass is 308 g/mol. The van der Waals surface area contributed by atoms with Crippen LogP contribution in [0.1, 0.15) is 26.5 Å². The highest BCUT2D eigenvalue weighted by atomic mass is 16.8. The molecule has 1 amide bonds. The summed E-state index contributed by atoms with van der Waals surface area (Å²) < 4.78 is 9.01. The molecule has 2 aromatic rings. The highest BCUT2D eigenvalue weighted by Crippen LogP contribution is 2.13. The van der Waals surface area contributed by atoms with Gasteiger partial charge in [-0.1, -0.05) is 0 Å². The lowest BCUT2D eigenvalue weighted by Crippen LogP contribution is -2.35. The van der Waals surface area contributed by atoms with Crippen molar-refractivity contribution in [2.75, 3.05) is 0 Å². The average molecular weight is 308 g/mol. The van der Waals surface area contributed by atoms with Gasteiger partial charge < -0.3 is 15.7 Å². The molecule has 0 aliphatic rings. The van der Waals surface area contributed by atoms with Crippen LogP contribution in [0.2, 0.25) is 0 Å². The third-order valence-corrected chi connectivity index (χ3v) is 2.57. The Bertz CT molecular complexity index is 737. The van der Waals surface area contributed by atoms with Gasteiger partial charge in [-0.2, -0.15) is 0 Å². The number of ether oxygens (including phenoxy) is 1. The van der Waals surface area contributed by atoms with Crippen molar-refractivity contribution < 1.29 is 28.8 Å². The Labute approximate surface area is 121 Å². The molecule has 0 unspecified atom stereocenters. The minimum atomic E-state index is -1.09. The summed E-state index contributed by atoms with van der Waals surface area (Å²) in [5.41, 5.74) is 4.01. The van der Waals surface area contributed by atoms with Gasteiger partial charge in [-0.3, -0.25) is 19.5 Å². The molecule has 0 fully saturated rings. The predicted octanol–water partition coefficient (Wildman–Crippen LogP) is -0.328. The maximum Gasteiger partial charge on any atom is 0.338 e. The number of hydrogen-bond donors (Lipinski definition) is 1. The number of carbonyl (C=O) groups is 2. The van der Waals surface area contributed by atoms with Crippen LogP contribution in [0.4, 0.5) is 5.69 Å². The van der Waals surface area contributed by atoms with Crippen molar-refractivity contribution in [3.63, 3.8) is 0 Å². The molecule has 2 rings (SSSR count). The van der Waals surface area contributed by atoms with Crippen molar-refractivity contribution in [1.82, 2.24) is 5.16 Å². The molecule has 0 atom stereocenters. The second-order valence-electron chi connectivity index (χ2n) is 3.97. The zero-order chi connectivity index (χ0) is 16.3. The molecule has 11 heteroatoms. The second kappa shape index (κ2) is 5.87. The van der Waals surface area contributed by atoms with Gasteiger partial charge in [0.15, 0.2) is 6.61 Å². The van der Waals surface area contributed by atoms with E-state index in [0.29, 0.717) is 0 Å². The normalized spacial score (nSPS) is 10.2. The molecular formula is C11H8N4O7. The summed E-state index contributed by atoms with van der Waals surface area (Å²) in [7, 11) is 0. The summed E-state index contributed by atoms with van der Waals surface area (Å²) in [6.07, 6.45) is 0. The Morgan fingerprint density at radius 2 is 2.00 bits per heavy atom. The van der Waals surface area contributed by atoms with Crippen LogP contribution >= 0.6 is 0 Å². The lowest BCUT2D eigenvalue weighted by molar-refractivity contribution is -0.803. The molecule has 1 heterocycles. The lowest BCUT2D eigenvalue weighted by Gasteiger charge is -2.01. The largest absolute Gasteiger partial charge is 0.453 e. The molecule has 0 saturated carbocycles. The van der Waals surface area contributed by atoms with Crippen LogP contribution in [0.3, 0.4) is 0 Å². The number of aromatic nitrogens is 2. The van der Waals surface area contributed by atoms with E-state index >= 15 is 0 Å². The van der Waals surface area contributed by atoms with Gasteiger partial charge in [0.25, 0.3) is 23.0 Å². The standard InChI is InChI=1S/C11H8N4O7/c12-10(16)9-8(13-22-15(9)20)5-21-11(17)6-1-3-7(4-2-6)14(18)19/h1-4H,5H2,(H2,12,16). The smallest absolute Gasteiger partial charge is 0.338 e. The fourth-order valence-electron chi connectivity index (χ4n) is 1.54. The zero-order valence-electron chi connectivity index (χ0n) is 10.8. The van der Waals surface area contributed by atoms with E-state index in [0.717, 1.165) is 12.1 Å². The van der Waals surface area contributed by atoms with Gasteiger partial charge in [-0.05, 0) is 17.0 Å². The molecule has 0 saturated heterocycles. The van der Waals surface area contributed by atoms with Crippen LogP contribution in [0.25, 0.3) is 0 Å². The average Bonchev–Trinajstić information content (AvgIpc) is 2.86. The van der Waals surface area contributed by atoms with Gasteiger partial charge in [-0.25, -0.2) is 4.79 Å². The Morgan fingerprint density at radius 3 is 2.55 bits per heavy atom. The Hall–Kier alpha value is -3.50. The molecule has 0 radical (unpaired) electrons. The number of nitro benzene ring substituents is 1. The quantitative estimate of drug-likeness (QED) is 0.339.